The fourth-order valence-corrected chi connectivity index (χ4v) is 2.13. The van der Waals surface area contributed by atoms with Gasteiger partial charge < -0.3 is 5.32 Å². The van der Waals surface area contributed by atoms with Gasteiger partial charge in [0.1, 0.15) is 5.82 Å². The summed E-state index contributed by atoms with van der Waals surface area (Å²) in [5, 5.41) is 7.61. The Balaban J connectivity index is 1.81. The Hall–Kier alpha value is -1.88. The van der Waals surface area contributed by atoms with E-state index in [1.807, 2.05) is 0 Å². The molecular formula is C14H13ClFN3O. The van der Waals surface area contributed by atoms with E-state index in [9.17, 15) is 9.18 Å². The molecule has 6 heteroatoms. The Morgan fingerprint density at radius 3 is 2.85 bits per heavy atom. The van der Waals surface area contributed by atoms with E-state index in [2.05, 4.69) is 10.4 Å². The van der Waals surface area contributed by atoms with Crippen LogP contribution in [0, 0.1) is 5.82 Å². The largest absolute Gasteiger partial charge is 0.381 e. The van der Waals surface area contributed by atoms with Gasteiger partial charge in [-0.1, -0.05) is 17.7 Å². The van der Waals surface area contributed by atoms with Gasteiger partial charge in [-0.15, -0.1) is 0 Å². The first-order chi connectivity index (χ1) is 9.61. The molecule has 1 fully saturated rings. The molecule has 3 rings (SSSR count). The van der Waals surface area contributed by atoms with E-state index < -0.39 is 5.82 Å². The van der Waals surface area contributed by atoms with Crippen molar-refractivity contribution in [2.75, 3.05) is 5.32 Å². The predicted octanol–water partition coefficient (Wildman–Crippen LogP) is 2.66. The number of nitrogens with one attached hydrogen (secondary N) is 1. The van der Waals surface area contributed by atoms with E-state index in [-0.39, 0.29) is 12.1 Å². The van der Waals surface area contributed by atoms with Gasteiger partial charge in [0.05, 0.1) is 18.4 Å². The molecule has 1 aliphatic carbocycles. The first-order valence-corrected chi connectivity index (χ1v) is 6.77. The lowest BCUT2D eigenvalue weighted by Crippen LogP contribution is -2.23. The summed E-state index contributed by atoms with van der Waals surface area (Å²) < 4.78 is 14.3. The summed E-state index contributed by atoms with van der Waals surface area (Å²) in [7, 11) is 0. The first-order valence-electron chi connectivity index (χ1n) is 6.39. The highest BCUT2D eigenvalue weighted by atomic mass is 35.5. The maximum Gasteiger partial charge on any atom is 0.269 e. The third kappa shape index (κ3) is 2.99. The van der Waals surface area contributed by atoms with Gasteiger partial charge in [-0.2, -0.15) is 5.10 Å². The van der Waals surface area contributed by atoms with Crippen molar-refractivity contribution in [3.05, 3.63) is 57.2 Å². The molecule has 0 radical (unpaired) electrons. The number of benzene rings is 1. The lowest BCUT2D eigenvalue weighted by Gasteiger charge is -2.08. The Kier molecular flexibility index (Phi) is 3.44. The van der Waals surface area contributed by atoms with Gasteiger partial charge in [-0.05, 0) is 30.5 Å². The molecule has 0 saturated heterocycles. The van der Waals surface area contributed by atoms with Crippen LogP contribution in [-0.2, 0) is 6.54 Å². The minimum absolute atomic E-state index is 0.212. The number of hydrogen-bond donors (Lipinski definition) is 1. The summed E-state index contributed by atoms with van der Waals surface area (Å²) in [5.41, 5.74) is 1.18. The summed E-state index contributed by atoms with van der Waals surface area (Å²) in [6, 6.07) is 6.09. The molecule has 20 heavy (non-hydrogen) atoms. The lowest BCUT2D eigenvalue weighted by atomic mass is 10.2. The van der Waals surface area contributed by atoms with E-state index in [1.165, 1.54) is 22.9 Å². The van der Waals surface area contributed by atoms with Crippen LogP contribution in [0.25, 0.3) is 0 Å². The molecular weight excluding hydrogens is 281 g/mol. The van der Waals surface area contributed by atoms with Gasteiger partial charge in [0.25, 0.3) is 5.56 Å². The van der Waals surface area contributed by atoms with Crippen LogP contribution in [0.1, 0.15) is 18.4 Å². The third-order valence-corrected chi connectivity index (χ3v) is 3.50. The number of nitrogens with zero attached hydrogens (tertiary/aromatic N) is 2. The van der Waals surface area contributed by atoms with Crippen LogP contribution in [0.4, 0.5) is 10.1 Å². The van der Waals surface area contributed by atoms with Crippen LogP contribution < -0.4 is 10.9 Å². The van der Waals surface area contributed by atoms with Crippen LogP contribution in [0.5, 0.6) is 0 Å². The highest BCUT2D eigenvalue weighted by Crippen LogP contribution is 2.23. The smallest absolute Gasteiger partial charge is 0.269 e. The number of halogens is 2. The van der Waals surface area contributed by atoms with Crippen LogP contribution >= 0.6 is 11.6 Å². The molecule has 0 aliphatic heterocycles. The summed E-state index contributed by atoms with van der Waals surface area (Å²) >= 11 is 5.94. The molecule has 1 aromatic carbocycles. The molecule has 0 bridgehead atoms. The SMILES string of the molecule is O=c1cc(NC2CC2)cnn1Cc1ccc(F)cc1Cl. The quantitative estimate of drug-likeness (QED) is 0.943. The van der Waals surface area contributed by atoms with Gasteiger partial charge >= 0.3 is 0 Å². The fourth-order valence-electron chi connectivity index (χ4n) is 1.91. The summed E-state index contributed by atoms with van der Waals surface area (Å²) in [4.78, 5) is 12.0. The zero-order chi connectivity index (χ0) is 14.1. The lowest BCUT2D eigenvalue weighted by molar-refractivity contribution is 0.619. The molecule has 104 valence electrons. The molecule has 4 nitrogen and oxygen atoms in total. The number of hydrogen-bond acceptors (Lipinski definition) is 3. The van der Waals surface area contributed by atoms with Gasteiger partial charge in [0.2, 0.25) is 0 Å². The second kappa shape index (κ2) is 5.25. The molecule has 1 saturated carbocycles. The maximum absolute atomic E-state index is 13.0. The predicted molar refractivity (Wildman–Crippen MR) is 75.7 cm³/mol. The molecule has 0 spiro atoms. The standard InChI is InChI=1S/C14H13ClFN3O/c15-13-5-10(16)2-1-9(13)8-19-14(20)6-12(7-17-19)18-11-3-4-11/h1-2,5-7,11,18H,3-4,8H2. The second-order valence-corrected chi connectivity index (χ2v) is 5.30. The highest BCUT2D eigenvalue weighted by molar-refractivity contribution is 6.31. The Morgan fingerprint density at radius 2 is 2.20 bits per heavy atom. The monoisotopic (exact) mass is 293 g/mol. The van der Waals surface area contributed by atoms with Crippen molar-refractivity contribution in [2.24, 2.45) is 0 Å². The van der Waals surface area contributed by atoms with Crippen LogP contribution in [0.15, 0.2) is 35.3 Å². The van der Waals surface area contributed by atoms with Crippen LogP contribution in [-0.4, -0.2) is 15.8 Å². The molecule has 1 heterocycles. The van der Waals surface area contributed by atoms with E-state index in [0.717, 1.165) is 18.5 Å². The summed E-state index contributed by atoms with van der Waals surface area (Å²) in [6.07, 6.45) is 3.89. The molecule has 1 aliphatic rings. The molecule has 0 unspecified atom stereocenters. The molecule has 0 amide bonds. The minimum atomic E-state index is -0.400. The van der Waals surface area contributed by atoms with E-state index in [4.69, 9.17) is 11.6 Å². The zero-order valence-electron chi connectivity index (χ0n) is 10.6. The zero-order valence-corrected chi connectivity index (χ0v) is 11.4. The average molecular weight is 294 g/mol. The van der Waals surface area contributed by atoms with E-state index >= 15 is 0 Å². The third-order valence-electron chi connectivity index (χ3n) is 3.15. The molecule has 1 aromatic heterocycles. The van der Waals surface area contributed by atoms with Gasteiger partial charge in [0, 0.05) is 17.1 Å². The Bertz CT molecular complexity index is 697. The maximum atomic E-state index is 13.0. The van der Waals surface area contributed by atoms with Crippen molar-refractivity contribution in [2.45, 2.75) is 25.4 Å². The Morgan fingerprint density at radius 1 is 1.40 bits per heavy atom. The average Bonchev–Trinajstić information content (AvgIpc) is 3.19. The summed E-state index contributed by atoms with van der Waals surface area (Å²) in [5.74, 6) is -0.400. The van der Waals surface area contributed by atoms with Crippen molar-refractivity contribution in [3.63, 3.8) is 0 Å². The summed E-state index contributed by atoms with van der Waals surface area (Å²) in [6.45, 7) is 0.224. The highest BCUT2D eigenvalue weighted by Gasteiger charge is 2.21. The van der Waals surface area contributed by atoms with Crippen molar-refractivity contribution in [3.8, 4) is 0 Å². The van der Waals surface area contributed by atoms with Crippen molar-refractivity contribution < 1.29 is 4.39 Å². The van der Waals surface area contributed by atoms with Crippen molar-refractivity contribution in [1.82, 2.24) is 9.78 Å². The fraction of sp³-hybridized carbons (Fsp3) is 0.286. The second-order valence-electron chi connectivity index (χ2n) is 4.89. The van der Waals surface area contributed by atoms with Crippen molar-refractivity contribution >= 4 is 17.3 Å². The van der Waals surface area contributed by atoms with Crippen molar-refractivity contribution in [1.29, 1.82) is 0 Å². The number of rotatable bonds is 4. The normalized spacial score (nSPS) is 14.3. The molecule has 0 atom stereocenters. The van der Waals surface area contributed by atoms with Crippen LogP contribution in [0.3, 0.4) is 0 Å². The minimum Gasteiger partial charge on any atom is -0.381 e. The first kappa shape index (κ1) is 13.1. The van der Waals surface area contributed by atoms with E-state index in [1.54, 1.807) is 12.3 Å². The topological polar surface area (TPSA) is 46.9 Å². The molecule has 1 N–H and O–H groups in total. The van der Waals surface area contributed by atoms with Crippen LogP contribution in [0.2, 0.25) is 5.02 Å². The van der Waals surface area contributed by atoms with Gasteiger partial charge in [-0.25, -0.2) is 9.07 Å². The number of anilines is 1. The van der Waals surface area contributed by atoms with E-state index in [0.29, 0.717) is 16.6 Å². The number of aromatic nitrogens is 2. The van der Waals surface area contributed by atoms with Gasteiger partial charge in [0.15, 0.2) is 0 Å². The Labute approximate surface area is 120 Å². The van der Waals surface area contributed by atoms with Gasteiger partial charge in [-0.3, -0.25) is 4.79 Å². The molecule has 2 aromatic rings.